The standard InChI is InChI=1S/C12H18N2O6S/c1-19-6-21-5-7-3-14(12(18)13-11(7)17)10-2-8(16)9(4-15)20-10/h3,8-10,15-16H,2,4-6H2,1H3,(H,13,17,18)/t8?,9-,10-/m1/s1. The van der Waals surface area contributed by atoms with Crippen LogP contribution < -0.4 is 11.2 Å². The van der Waals surface area contributed by atoms with Gasteiger partial charge in [-0.15, -0.1) is 11.8 Å². The third-order valence-electron chi connectivity index (χ3n) is 3.19. The first-order chi connectivity index (χ1) is 10.1. The van der Waals surface area contributed by atoms with E-state index in [1.54, 1.807) is 7.11 Å². The third-order valence-corrected chi connectivity index (χ3v) is 4.11. The summed E-state index contributed by atoms with van der Waals surface area (Å²) in [5.41, 5.74) is -0.629. The molecule has 1 aliphatic heterocycles. The van der Waals surface area contributed by atoms with Gasteiger partial charge in [-0.3, -0.25) is 14.3 Å². The molecule has 3 atom stereocenters. The van der Waals surface area contributed by atoms with Gasteiger partial charge in [0.15, 0.2) is 0 Å². The van der Waals surface area contributed by atoms with Crippen molar-refractivity contribution in [3.63, 3.8) is 0 Å². The minimum atomic E-state index is -0.842. The second kappa shape index (κ2) is 7.23. The summed E-state index contributed by atoms with van der Waals surface area (Å²) < 4.78 is 11.6. The molecule has 1 unspecified atom stereocenters. The van der Waals surface area contributed by atoms with Gasteiger partial charge >= 0.3 is 5.69 Å². The van der Waals surface area contributed by atoms with Crippen molar-refractivity contribution in [2.24, 2.45) is 0 Å². The average Bonchev–Trinajstić information content (AvgIpc) is 2.82. The number of aliphatic hydroxyl groups is 2. The zero-order valence-electron chi connectivity index (χ0n) is 11.5. The highest BCUT2D eigenvalue weighted by atomic mass is 32.2. The van der Waals surface area contributed by atoms with Gasteiger partial charge in [-0.25, -0.2) is 4.79 Å². The average molecular weight is 318 g/mol. The fourth-order valence-corrected chi connectivity index (χ4v) is 2.80. The molecule has 1 aliphatic rings. The van der Waals surface area contributed by atoms with E-state index in [9.17, 15) is 14.7 Å². The maximum atomic E-state index is 11.9. The zero-order valence-corrected chi connectivity index (χ0v) is 12.3. The Morgan fingerprint density at radius 3 is 2.95 bits per heavy atom. The summed E-state index contributed by atoms with van der Waals surface area (Å²) in [5, 5.41) is 18.8. The van der Waals surface area contributed by atoms with Gasteiger partial charge in [0.05, 0.1) is 18.6 Å². The van der Waals surface area contributed by atoms with Gasteiger partial charge in [-0.1, -0.05) is 0 Å². The van der Waals surface area contributed by atoms with E-state index in [2.05, 4.69) is 4.98 Å². The summed E-state index contributed by atoms with van der Waals surface area (Å²) in [6, 6.07) is 0. The molecule has 0 spiro atoms. The molecule has 21 heavy (non-hydrogen) atoms. The number of ether oxygens (including phenoxy) is 2. The molecule has 0 saturated carbocycles. The lowest BCUT2D eigenvalue weighted by Crippen LogP contribution is -2.34. The third kappa shape index (κ3) is 3.74. The Morgan fingerprint density at radius 2 is 2.33 bits per heavy atom. The van der Waals surface area contributed by atoms with Crippen LogP contribution in [0.4, 0.5) is 0 Å². The molecule has 0 aliphatic carbocycles. The molecule has 0 aromatic carbocycles. The lowest BCUT2D eigenvalue weighted by molar-refractivity contribution is -0.0459. The highest BCUT2D eigenvalue weighted by Gasteiger charge is 2.35. The van der Waals surface area contributed by atoms with E-state index in [0.717, 1.165) is 0 Å². The van der Waals surface area contributed by atoms with Crippen molar-refractivity contribution >= 4 is 11.8 Å². The van der Waals surface area contributed by atoms with Crippen LogP contribution in [-0.2, 0) is 15.2 Å². The quantitative estimate of drug-likeness (QED) is 0.456. The van der Waals surface area contributed by atoms with Crippen molar-refractivity contribution in [2.45, 2.75) is 30.6 Å². The Bertz CT molecular complexity index is 586. The molecule has 118 valence electrons. The van der Waals surface area contributed by atoms with Gasteiger partial charge in [0.1, 0.15) is 12.3 Å². The van der Waals surface area contributed by atoms with Gasteiger partial charge in [0.25, 0.3) is 5.56 Å². The van der Waals surface area contributed by atoms with Crippen LogP contribution in [0.2, 0.25) is 0 Å². The van der Waals surface area contributed by atoms with Crippen LogP contribution >= 0.6 is 11.8 Å². The van der Waals surface area contributed by atoms with Crippen LogP contribution in [0.3, 0.4) is 0 Å². The highest BCUT2D eigenvalue weighted by Crippen LogP contribution is 2.27. The summed E-state index contributed by atoms with van der Waals surface area (Å²) in [4.78, 5) is 25.8. The smallest absolute Gasteiger partial charge is 0.330 e. The van der Waals surface area contributed by atoms with Crippen molar-refractivity contribution in [1.29, 1.82) is 0 Å². The largest absolute Gasteiger partial charge is 0.394 e. The van der Waals surface area contributed by atoms with Gasteiger partial charge < -0.3 is 19.7 Å². The van der Waals surface area contributed by atoms with Gasteiger partial charge in [-0.2, -0.15) is 0 Å². The summed E-state index contributed by atoms with van der Waals surface area (Å²) in [7, 11) is 1.56. The Balaban J connectivity index is 2.22. The summed E-state index contributed by atoms with van der Waals surface area (Å²) in [5.74, 6) is 0.825. The van der Waals surface area contributed by atoms with Crippen molar-refractivity contribution in [3.8, 4) is 0 Å². The minimum Gasteiger partial charge on any atom is -0.394 e. The molecule has 0 radical (unpaired) electrons. The molecule has 2 heterocycles. The van der Waals surface area contributed by atoms with Crippen LogP contribution in [0.5, 0.6) is 0 Å². The van der Waals surface area contributed by atoms with Crippen LogP contribution in [-0.4, -0.2) is 51.6 Å². The number of nitrogens with zero attached hydrogens (tertiary/aromatic N) is 1. The molecular formula is C12H18N2O6S. The summed E-state index contributed by atoms with van der Waals surface area (Å²) >= 11 is 1.40. The maximum absolute atomic E-state index is 11.9. The molecule has 1 saturated heterocycles. The second-order valence-electron chi connectivity index (χ2n) is 4.69. The number of hydrogen-bond acceptors (Lipinski definition) is 7. The van der Waals surface area contributed by atoms with E-state index in [0.29, 0.717) is 17.3 Å². The summed E-state index contributed by atoms with van der Waals surface area (Å²) in [6.45, 7) is -0.327. The fraction of sp³-hybridized carbons (Fsp3) is 0.667. The number of aliphatic hydroxyl groups excluding tert-OH is 2. The van der Waals surface area contributed by atoms with E-state index in [1.165, 1.54) is 22.5 Å². The Labute approximate surface area is 124 Å². The van der Waals surface area contributed by atoms with Crippen LogP contribution in [0.1, 0.15) is 18.2 Å². The normalized spacial score (nSPS) is 25.4. The minimum absolute atomic E-state index is 0.182. The van der Waals surface area contributed by atoms with E-state index >= 15 is 0 Å². The maximum Gasteiger partial charge on any atom is 0.330 e. The SMILES string of the molecule is COCSCc1cn([C@H]2CC(O)[C@@H](CO)O2)c(=O)[nH]c1=O. The fourth-order valence-electron chi connectivity index (χ4n) is 2.13. The molecule has 1 fully saturated rings. The van der Waals surface area contributed by atoms with E-state index in [4.69, 9.17) is 14.6 Å². The number of aromatic amines is 1. The van der Waals surface area contributed by atoms with E-state index in [1.807, 2.05) is 0 Å². The Hall–Kier alpha value is -1.13. The molecule has 1 aromatic rings. The van der Waals surface area contributed by atoms with Crippen LogP contribution in [0.25, 0.3) is 0 Å². The molecule has 1 aromatic heterocycles. The molecule has 0 amide bonds. The second-order valence-corrected chi connectivity index (χ2v) is 5.62. The van der Waals surface area contributed by atoms with Crippen molar-refractivity contribution < 1.29 is 19.7 Å². The van der Waals surface area contributed by atoms with E-state index in [-0.39, 0.29) is 13.0 Å². The molecule has 9 heteroatoms. The first kappa shape index (κ1) is 16.2. The first-order valence-electron chi connectivity index (χ1n) is 6.42. The lowest BCUT2D eigenvalue weighted by Gasteiger charge is -2.15. The van der Waals surface area contributed by atoms with Crippen molar-refractivity contribution in [3.05, 3.63) is 32.6 Å². The van der Waals surface area contributed by atoms with Gasteiger partial charge in [0, 0.05) is 31.0 Å². The van der Waals surface area contributed by atoms with Gasteiger partial charge in [-0.05, 0) is 0 Å². The van der Waals surface area contributed by atoms with Crippen LogP contribution in [0, 0.1) is 0 Å². The number of rotatable bonds is 6. The predicted octanol–water partition coefficient (Wildman–Crippen LogP) is -0.986. The molecule has 2 rings (SSSR count). The number of thioether (sulfide) groups is 1. The number of aromatic nitrogens is 2. The monoisotopic (exact) mass is 318 g/mol. The molecule has 3 N–H and O–H groups in total. The Kier molecular flexibility index (Phi) is 5.59. The number of hydrogen-bond donors (Lipinski definition) is 3. The molecule has 8 nitrogen and oxygen atoms in total. The number of H-pyrrole nitrogens is 1. The lowest BCUT2D eigenvalue weighted by atomic mass is 10.2. The van der Waals surface area contributed by atoms with E-state index < -0.39 is 29.7 Å². The molecule has 0 bridgehead atoms. The zero-order chi connectivity index (χ0) is 15.4. The first-order valence-corrected chi connectivity index (χ1v) is 7.57. The highest BCUT2D eigenvalue weighted by molar-refractivity contribution is 7.98. The van der Waals surface area contributed by atoms with Crippen molar-refractivity contribution in [1.82, 2.24) is 9.55 Å². The number of methoxy groups -OCH3 is 1. The topological polar surface area (TPSA) is 114 Å². The van der Waals surface area contributed by atoms with Crippen molar-refractivity contribution in [2.75, 3.05) is 19.7 Å². The number of nitrogens with one attached hydrogen (secondary N) is 1. The molecular weight excluding hydrogens is 300 g/mol. The Morgan fingerprint density at radius 1 is 1.57 bits per heavy atom. The summed E-state index contributed by atoms with van der Waals surface area (Å²) in [6.07, 6.45) is -0.652. The van der Waals surface area contributed by atoms with Crippen LogP contribution in [0.15, 0.2) is 15.8 Å². The van der Waals surface area contributed by atoms with Gasteiger partial charge in [0.2, 0.25) is 0 Å². The predicted molar refractivity (Wildman–Crippen MR) is 76.1 cm³/mol.